The van der Waals surface area contributed by atoms with Gasteiger partial charge in [0.1, 0.15) is 5.75 Å². The van der Waals surface area contributed by atoms with E-state index in [0.29, 0.717) is 22.5 Å². The quantitative estimate of drug-likeness (QED) is 0.944. The Hall–Kier alpha value is -1.59. The number of piperidine rings is 1. The van der Waals surface area contributed by atoms with Gasteiger partial charge in [-0.1, -0.05) is 23.7 Å². The van der Waals surface area contributed by atoms with Crippen LogP contribution >= 0.6 is 11.6 Å². The van der Waals surface area contributed by atoms with Crippen LogP contribution in [0.2, 0.25) is 5.02 Å². The second kappa shape index (κ2) is 5.66. The topological polar surface area (TPSA) is 60.2 Å². The number of rotatable bonds is 3. The number of aromatic nitrogens is 2. The zero-order valence-electron chi connectivity index (χ0n) is 12.1. The van der Waals surface area contributed by atoms with Crippen molar-refractivity contribution in [1.29, 1.82) is 0 Å². The van der Waals surface area contributed by atoms with E-state index in [1.54, 1.807) is 19.2 Å². The Balaban J connectivity index is 1.95. The maximum absolute atomic E-state index is 5.98. The summed E-state index contributed by atoms with van der Waals surface area (Å²) >= 11 is 5.98. The van der Waals surface area contributed by atoms with Gasteiger partial charge in [0.15, 0.2) is 0 Å². The maximum Gasteiger partial charge on any atom is 0.232 e. The van der Waals surface area contributed by atoms with E-state index in [2.05, 4.69) is 22.4 Å². The molecule has 5 nitrogen and oxygen atoms in total. The highest BCUT2D eigenvalue weighted by Crippen LogP contribution is 2.35. The third-order valence-electron chi connectivity index (χ3n) is 4.05. The molecule has 0 bridgehead atoms. The van der Waals surface area contributed by atoms with Gasteiger partial charge in [0.2, 0.25) is 11.7 Å². The van der Waals surface area contributed by atoms with E-state index < -0.39 is 0 Å². The second-order valence-electron chi connectivity index (χ2n) is 5.58. The molecule has 0 aliphatic carbocycles. The zero-order chi connectivity index (χ0) is 14.9. The van der Waals surface area contributed by atoms with E-state index >= 15 is 0 Å². The van der Waals surface area contributed by atoms with Crippen LogP contribution in [0.3, 0.4) is 0 Å². The van der Waals surface area contributed by atoms with Crippen molar-refractivity contribution in [3.63, 3.8) is 0 Å². The fraction of sp³-hybridized carbons (Fsp3) is 0.467. The van der Waals surface area contributed by atoms with Crippen molar-refractivity contribution >= 4 is 11.6 Å². The number of methoxy groups -OCH3 is 1. The van der Waals surface area contributed by atoms with Gasteiger partial charge in [0.25, 0.3) is 0 Å². The lowest BCUT2D eigenvalue weighted by Gasteiger charge is -2.30. The normalized spacial score (nSPS) is 17.7. The highest BCUT2D eigenvalue weighted by Gasteiger charge is 2.34. The predicted octanol–water partition coefficient (Wildman–Crippen LogP) is 3.04. The average Bonchev–Trinajstić information content (AvgIpc) is 2.98. The molecule has 2 aromatic rings. The molecule has 0 saturated carbocycles. The van der Waals surface area contributed by atoms with Crippen LogP contribution < -0.4 is 10.1 Å². The van der Waals surface area contributed by atoms with Crippen LogP contribution in [0.1, 0.15) is 25.7 Å². The monoisotopic (exact) mass is 307 g/mol. The molecular weight excluding hydrogens is 290 g/mol. The molecule has 0 atom stereocenters. The minimum atomic E-state index is -0.0594. The molecule has 0 spiro atoms. The molecule has 1 aliphatic heterocycles. The highest BCUT2D eigenvalue weighted by molar-refractivity contribution is 6.30. The van der Waals surface area contributed by atoms with Crippen molar-refractivity contribution in [2.75, 3.05) is 20.2 Å². The molecule has 1 N–H and O–H groups in total. The zero-order valence-corrected chi connectivity index (χ0v) is 12.9. The van der Waals surface area contributed by atoms with Gasteiger partial charge in [-0.25, -0.2) is 0 Å². The lowest BCUT2D eigenvalue weighted by Crippen LogP contribution is -2.37. The molecule has 1 aliphatic rings. The van der Waals surface area contributed by atoms with Gasteiger partial charge in [0.05, 0.1) is 12.7 Å². The molecule has 3 rings (SSSR count). The molecule has 0 radical (unpaired) electrons. The number of benzene rings is 1. The second-order valence-corrected chi connectivity index (χ2v) is 6.01. The molecule has 1 fully saturated rings. The molecule has 112 valence electrons. The molecule has 0 unspecified atom stereocenters. The van der Waals surface area contributed by atoms with Crippen LogP contribution in [0.15, 0.2) is 22.7 Å². The van der Waals surface area contributed by atoms with E-state index in [4.69, 9.17) is 20.9 Å². The maximum atomic E-state index is 5.98. The third-order valence-corrected chi connectivity index (χ3v) is 4.29. The largest absolute Gasteiger partial charge is 0.496 e. The SMILES string of the molecule is COc1cc(Cl)ccc1-c1noc(C2(C)CCNCC2)n1. The van der Waals surface area contributed by atoms with E-state index in [-0.39, 0.29) is 5.41 Å². The fourth-order valence-corrected chi connectivity index (χ4v) is 2.78. The minimum Gasteiger partial charge on any atom is -0.496 e. The average molecular weight is 308 g/mol. The van der Waals surface area contributed by atoms with Crippen molar-refractivity contribution in [1.82, 2.24) is 15.5 Å². The van der Waals surface area contributed by atoms with Crippen molar-refractivity contribution in [2.24, 2.45) is 0 Å². The molecule has 1 aromatic carbocycles. The summed E-state index contributed by atoms with van der Waals surface area (Å²) in [6.45, 7) is 4.11. The summed E-state index contributed by atoms with van der Waals surface area (Å²) in [4.78, 5) is 4.59. The summed E-state index contributed by atoms with van der Waals surface area (Å²) in [6.07, 6.45) is 1.98. The number of nitrogens with one attached hydrogen (secondary N) is 1. The summed E-state index contributed by atoms with van der Waals surface area (Å²) in [7, 11) is 1.60. The first kappa shape index (κ1) is 14.4. The Labute approximate surface area is 128 Å². The van der Waals surface area contributed by atoms with Crippen LogP contribution in [0, 0.1) is 0 Å². The Morgan fingerprint density at radius 1 is 1.33 bits per heavy atom. The number of ether oxygens (including phenoxy) is 1. The Bertz CT molecular complexity index is 636. The van der Waals surface area contributed by atoms with Gasteiger partial charge in [-0.05, 0) is 44.1 Å². The Morgan fingerprint density at radius 3 is 2.81 bits per heavy atom. The van der Waals surface area contributed by atoms with E-state index in [1.165, 1.54) is 0 Å². The minimum absolute atomic E-state index is 0.0594. The lowest BCUT2D eigenvalue weighted by atomic mass is 9.81. The van der Waals surface area contributed by atoms with Gasteiger partial charge in [-0.15, -0.1) is 0 Å². The molecule has 6 heteroatoms. The molecule has 0 amide bonds. The van der Waals surface area contributed by atoms with Crippen LogP contribution in [0.4, 0.5) is 0 Å². The molecule has 1 aromatic heterocycles. The van der Waals surface area contributed by atoms with E-state index in [9.17, 15) is 0 Å². The smallest absolute Gasteiger partial charge is 0.232 e. The number of hydrogen-bond acceptors (Lipinski definition) is 5. The highest BCUT2D eigenvalue weighted by atomic mass is 35.5. The molecule has 2 heterocycles. The van der Waals surface area contributed by atoms with Gasteiger partial charge in [-0.2, -0.15) is 4.98 Å². The summed E-state index contributed by atoms with van der Waals surface area (Å²) < 4.78 is 10.9. The Morgan fingerprint density at radius 2 is 2.10 bits per heavy atom. The number of nitrogens with zero attached hydrogens (tertiary/aromatic N) is 2. The fourth-order valence-electron chi connectivity index (χ4n) is 2.62. The molecule has 1 saturated heterocycles. The van der Waals surface area contributed by atoms with E-state index in [1.807, 2.05) is 6.07 Å². The van der Waals surface area contributed by atoms with Gasteiger partial charge in [-0.3, -0.25) is 0 Å². The van der Waals surface area contributed by atoms with Crippen LogP contribution in [-0.2, 0) is 5.41 Å². The van der Waals surface area contributed by atoms with Gasteiger partial charge in [0, 0.05) is 10.4 Å². The third kappa shape index (κ3) is 2.76. The first-order valence-corrected chi connectivity index (χ1v) is 7.39. The van der Waals surface area contributed by atoms with Crippen molar-refractivity contribution in [2.45, 2.75) is 25.2 Å². The van der Waals surface area contributed by atoms with Crippen molar-refractivity contribution < 1.29 is 9.26 Å². The summed E-state index contributed by atoms with van der Waals surface area (Å²) in [5, 5.41) is 8.08. The Kier molecular flexibility index (Phi) is 3.87. The summed E-state index contributed by atoms with van der Waals surface area (Å²) in [5.41, 5.74) is 0.727. The van der Waals surface area contributed by atoms with Crippen LogP contribution in [0.5, 0.6) is 5.75 Å². The predicted molar refractivity (Wildman–Crippen MR) is 80.8 cm³/mol. The molecular formula is C15H18ClN3O2. The lowest BCUT2D eigenvalue weighted by molar-refractivity contribution is 0.241. The van der Waals surface area contributed by atoms with Crippen LogP contribution in [0.25, 0.3) is 11.4 Å². The number of halogens is 1. The van der Waals surface area contributed by atoms with Crippen molar-refractivity contribution in [3.05, 3.63) is 29.1 Å². The standard InChI is InChI=1S/C15H18ClN3O2/c1-15(5-7-17-8-6-15)14-18-13(19-21-14)11-4-3-10(16)9-12(11)20-2/h3-4,9,17H,5-8H2,1-2H3. The summed E-state index contributed by atoms with van der Waals surface area (Å²) in [5.74, 6) is 1.87. The van der Waals surface area contributed by atoms with E-state index in [0.717, 1.165) is 31.5 Å². The molecule has 21 heavy (non-hydrogen) atoms. The van der Waals surface area contributed by atoms with Gasteiger partial charge >= 0.3 is 0 Å². The van der Waals surface area contributed by atoms with Crippen molar-refractivity contribution in [3.8, 4) is 17.1 Å². The van der Waals surface area contributed by atoms with Gasteiger partial charge < -0.3 is 14.6 Å². The first-order valence-electron chi connectivity index (χ1n) is 7.01. The van der Waals surface area contributed by atoms with Crippen LogP contribution in [-0.4, -0.2) is 30.3 Å². The first-order chi connectivity index (χ1) is 10.1. The summed E-state index contributed by atoms with van der Waals surface area (Å²) in [6, 6.07) is 5.39. The number of hydrogen-bond donors (Lipinski definition) is 1.